The van der Waals surface area contributed by atoms with Gasteiger partial charge in [-0.2, -0.15) is 8.42 Å². The van der Waals surface area contributed by atoms with Gasteiger partial charge in [-0.1, -0.05) is 69.9 Å². The molecule has 4 heteroatoms. The summed E-state index contributed by atoms with van der Waals surface area (Å²) in [7, 11) is -4.19. The van der Waals surface area contributed by atoms with Crippen LogP contribution in [0.15, 0.2) is 23.3 Å². The molecule has 2 unspecified atom stereocenters. The molecule has 29 heavy (non-hydrogen) atoms. The van der Waals surface area contributed by atoms with Crippen molar-refractivity contribution in [2.24, 2.45) is 23.7 Å². The van der Waals surface area contributed by atoms with E-state index in [4.69, 9.17) is 0 Å². The zero-order valence-corrected chi connectivity index (χ0v) is 19.1. The third-order valence-electron chi connectivity index (χ3n) is 8.72. The largest absolute Gasteiger partial charge is 0.285 e. The third-order valence-corrected chi connectivity index (χ3v) is 10.3. The first-order chi connectivity index (χ1) is 13.9. The summed E-state index contributed by atoms with van der Waals surface area (Å²) in [5.74, 6) is 1.20. The first kappa shape index (κ1) is 21.6. The highest BCUT2D eigenvalue weighted by Gasteiger charge is 2.53. The zero-order chi connectivity index (χ0) is 20.5. The van der Waals surface area contributed by atoms with Crippen LogP contribution < -0.4 is 0 Å². The van der Waals surface area contributed by atoms with Crippen LogP contribution in [0.2, 0.25) is 0 Å². The summed E-state index contributed by atoms with van der Waals surface area (Å²) in [6, 6.07) is 0. The third kappa shape index (κ3) is 4.26. The van der Waals surface area contributed by atoms with Gasteiger partial charge in [0.05, 0.1) is 0 Å². The van der Waals surface area contributed by atoms with Gasteiger partial charge in [0.15, 0.2) is 0 Å². The van der Waals surface area contributed by atoms with Crippen molar-refractivity contribution in [3.05, 3.63) is 23.3 Å². The van der Waals surface area contributed by atoms with Gasteiger partial charge in [0.25, 0.3) is 10.1 Å². The second-order valence-corrected chi connectivity index (χ2v) is 12.2. The smallest absolute Gasteiger partial charge is 0.274 e. The number of hydrogen-bond donors (Lipinski definition) is 1. The molecule has 164 valence electrons. The molecule has 0 aliphatic heterocycles. The van der Waals surface area contributed by atoms with E-state index in [-0.39, 0.29) is 5.92 Å². The van der Waals surface area contributed by atoms with Crippen LogP contribution in [0.25, 0.3) is 0 Å². The maximum absolute atomic E-state index is 13.0. The lowest BCUT2D eigenvalue weighted by Crippen LogP contribution is -2.50. The summed E-state index contributed by atoms with van der Waals surface area (Å²) < 4.78 is 35.4. The topological polar surface area (TPSA) is 54.4 Å². The van der Waals surface area contributed by atoms with Crippen LogP contribution >= 0.6 is 0 Å². The summed E-state index contributed by atoms with van der Waals surface area (Å²) in [6.07, 6.45) is 22.6. The van der Waals surface area contributed by atoms with Crippen molar-refractivity contribution in [3.8, 4) is 0 Å². The molecule has 4 aliphatic rings. The number of allylic oxidation sites excluding steroid dienone is 3. The fraction of sp³-hybridized carbons (Fsp3) is 0.840. The normalized spacial score (nSPS) is 33.9. The minimum absolute atomic E-state index is 0.0725. The molecule has 2 atom stereocenters. The van der Waals surface area contributed by atoms with Crippen LogP contribution in [0, 0.1) is 23.7 Å². The van der Waals surface area contributed by atoms with Gasteiger partial charge >= 0.3 is 0 Å². The molecule has 0 amide bonds. The Balaban J connectivity index is 1.79. The maximum Gasteiger partial charge on any atom is 0.274 e. The van der Waals surface area contributed by atoms with Crippen LogP contribution in [-0.2, 0) is 10.1 Å². The van der Waals surface area contributed by atoms with E-state index in [2.05, 4.69) is 12.2 Å². The van der Waals surface area contributed by atoms with Crippen LogP contribution in [0.5, 0.6) is 0 Å². The molecule has 0 aromatic carbocycles. The molecule has 0 aromatic rings. The average molecular weight is 421 g/mol. The maximum atomic E-state index is 13.0. The predicted molar refractivity (Wildman–Crippen MR) is 119 cm³/mol. The molecule has 0 saturated heterocycles. The Morgan fingerprint density at radius 2 is 1.28 bits per heavy atom. The summed E-state index contributed by atoms with van der Waals surface area (Å²) in [5, 5.41) is 0. The molecule has 4 rings (SSSR count). The van der Waals surface area contributed by atoms with Gasteiger partial charge in [-0.25, -0.2) is 0 Å². The Morgan fingerprint density at radius 1 is 0.793 bits per heavy atom. The molecule has 0 radical (unpaired) electrons. The van der Waals surface area contributed by atoms with E-state index < -0.39 is 14.9 Å². The van der Waals surface area contributed by atoms with Crippen molar-refractivity contribution in [1.29, 1.82) is 0 Å². The lowest BCUT2D eigenvalue weighted by atomic mass is 9.63. The van der Waals surface area contributed by atoms with Crippen LogP contribution in [0.4, 0.5) is 0 Å². The highest BCUT2D eigenvalue weighted by Crippen LogP contribution is 2.52. The van der Waals surface area contributed by atoms with E-state index in [0.29, 0.717) is 17.8 Å². The van der Waals surface area contributed by atoms with Gasteiger partial charge in [-0.05, 0) is 74.3 Å². The van der Waals surface area contributed by atoms with E-state index in [9.17, 15) is 13.0 Å². The molecule has 3 saturated carbocycles. The Kier molecular flexibility index (Phi) is 6.61. The van der Waals surface area contributed by atoms with Gasteiger partial charge in [-0.3, -0.25) is 4.55 Å². The molecular formula is C25H40O3S. The lowest BCUT2D eigenvalue weighted by molar-refractivity contribution is 0.229. The molecule has 1 N–H and O–H groups in total. The van der Waals surface area contributed by atoms with E-state index in [1.54, 1.807) is 0 Å². The van der Waals surface area contributed by atoms with Crippen molar-refractivity contribution in [1.82, 2.24) is 0 Å². The molecule has 3 fully saturated rings. The molecule has 0 bridgehead atoms. The predicted octanol–water partition coefficient (Wildman–Crippen LogP) is 6.86. The average Bonchev–Trinajstić information content (AvgIpc) is 2.75. The molecule has 4 aliphatic carbocycles. The summed E-state index contributed by atoms with van der Waals surface area (Å²) in [4.78, 5) is 0. The molecule has 0 spiro atoms. The van der Waals surface area contributed by atoms with E-state index in [1.165, 1.54) is 76.2 Å². The highest BCUT2D eigenvalue weighted by molar-refractivity contribution is 7.87. The Labute approximate surface area is 178 Å². The van der Waals surface area contributed by atoms with Gasteiger partial charge < -0.3 is 0 Å². The van der Waals surface area contributed by atoms with Crippen molar-refractivity contribution >= 4 is 10.1 Å². The summed E-state index contributed by atoms with van der Waals surface area (Å²) in [5.41, 5.74) is 2.46. The first-order valence-corrected chi connectivity index (χ1v) is 13.8. The monoisotopic (exact) mass is 420 g/mol. The van der Waals surface area contributed by atoms with Gasteiger partial charge in [0.2, 0.25) is 0 Å². The fourth-order valence-corrected chi connectivity index (χ4v) is 8.08. The quantitative estimate of drug-likeness (QED) is 0.506. The SMILES string of the molecule is CC1(S(=O)(=O)O)C(C2CCCCC2)=CC(C2CCCCC2)=CC1C1CCCCC1. The van der Waals surface area contributed by atoms with Crippen LogP contribution in [-0.4, -0.2) is 17.7 Å². The second kappa shape index (κ2) is 8.86. The van der Waals surface area contributed by atoms with Crippen molar-refractivity contribution in [2.45, 2.75) is 108 Å². The van der Waals surface area contributed by atoms with Crippen molar-refractivity contribution in [2.75, 3.05) is 0 Å². The molecule has 0 aromatic heterocycles. The molecule has 0 heterocycles. The minimum Gasteiger partial charge on any atom is -0.285 e. The Hall–Kier alpha value is -0.610. The summed E-state index contributed by atoms with van der Waals surface area (Å²) in [6.45, 7) is 1.86. The standard InChI is InChI=1S/C25H40O3S/c1-25(29(26,27)28)23(20-13-7-3-8-14-20)17-22(19-11-5-2-6-12-19)18-24(25)21-15-9-4-10-16-21/h17-21,23H,2-16H2,1H3,(H,26,27,28). The van der Waals surface area contributed by atoms with Crippen LogP contribution in [0.1, 0.15) is 103 Å². The van der Waals surface area contributed by atoms with E-state index in [0.717, 1.165) is 31.3 Å². The van der Waals surface area contributed by atoms with E-state index in [1.807, 2.05) is 6.92 Å². The Morgan fingerprint density at radius 3 is 1.79 bits per heavy atom. The number of hydrogen-bond acceptors (Lipinski definition) is 2. The zero-order valence-electron chi connectivity index (χ0n) is 18.2. The first-order valence-electron chi connectivity index (χ1n) is 12.3. The molecule has 3 nitrogen and oxygen atoms in total. The lowest BCUT2D eigenvalue weighted by Gasteiger charge is -2.47. The fourth-order valence-electron chi connectivity index (χ4n) is 6.96. The molecular weight excluding hydrogens is 380 g/mol. The minimum atomic E-state index is -4.19. The summed E-state index contributed by atoms with van der Waals surface area (Å²) >= 11 is 0. The highest BCUT2D eigenvalue weighted by atomic mass is 32.2. The van der Waals surface area contributed by atoms with Gasteiger partial charge in [0, 0.05) is 5.92 Å². The van der Waals surface area contributed by atoms with Crippen LogP contribution in [0.3, 0.4) is 0 Å². The van der Waals surface area contributed by atoms with Crippen molar-refractivity contribution < 1.29 is 13.0 Å². The number of rotatable bonds is 4. The Bertz CT molecular complexity index is 732. The van der Waals surface area contributed by atoms with Gasteiger partial charge in [0.1, 0.15) is 4.75 Å². The van der Waals surface area contributed by atoms with E-state index >= 15 is 0 Å². The second-order valence-electron chi connectivity index (χ2n) is 10.4. The van der Waals surface area contributed by atoms with Gasteiger partial charge in [-0.15, -0.1) is 0 Å². The van der Waals surface area contributed by atoms with Crippen molar-refractivity contribution in [3.63, 3.8) is 0 Å².